The first-order valence-electron chi connectivity index (χ1n) is 14.2. The maximum Gasteiger partial charge on any atom is 0.330 e. The first-order valence-corrected chi connectivity index (χ1v) is 16.4. The van der Waals surface area contributed by atoms with Gasteiger partial charge in [0, 0.05) is 28.9 Å². The number of nitrogens with zero attached hydrogens (tertiary/aromatic N) is 3. The molecule has 0 radical (unpaired) electrons. The highest BCUT2D eigenvalue weighted by Gasteiger charge is 2.29. The lowest BCUT2D eigenvalue weighted by atomic mass is 10.0. The first kappa shape index (κ1) is 30.6. The van der Waals surface area contributed by atoms with E-state index < -0.39 is 16.1 Å². The number of rotatable bonds is 9. The Labute approximate surface area is 272 Å². The monoisotopic (exact) mass is 660 g/mol. The lowest BCUT2D eigenvalue weighted by Gasteiger charge is -2.16. The van der Waals surface area contributed by atoms with Crippen LogP contribution in [0.15, 0.2) is 109 Å². The predicted octanol–water partition coefficient (Wildman–Crippen LogP) is 8.15. The highest BCUT2D eigenvalue weighted by Crippen LogP contribution is 2.33. The number of halogens is 2. The van der Waals surface area contributed by atoms with E-state index in [4.69, 9.17) is 32.9 Å². The van der Waals surface area contributed by atoms with Crippen LogP contribution in [-0.4, -0.2) is 29.7 Å². The number of ether oxygens (including phenoxy) is 1. The van der Waals surface area contributed by atoms with Gasteiger partial charge in [-0.1, -0.05) is 79.5 Å². The fourth-order valence-corrected chi connectivity index (χ4v) is 6.53. The van der Waals surface area contributed by atoms with Crippen LogP contribution in [0.5, 0.6) is 5.75 Å². The van der Waals surface area contributed by atoms with Gasteiger partial charge in [0.05, 0.1) is 29.2 Å². The maximum absolute atomic E-state index is 12.5. The first-order chi connectivity index (χ1) is 21.6. The number of anilines is 1. The summed E-state index contributed by atoms with van der Waals surface area (Å²) in [4.78, 5) is 4.96. The fraction of sp³-hybridized carbons (Fsp3) is 0.147. The number of aliphatic hydroxyl groups is 1. The quantitative estimate of drug-likeness (QED) is 0.166. The van der Waals surface area contributed by atoms with Crippen LogP contribution in [0.25, 0.3) is 28.1 Å². The molecule has 11 heteroatoms. The van der Waals surface area contributed by atoms with Gasteiger partial charge in [-0.25, -0.2) is 14.0 Å². The summed E-state index contributed by atoms with van der Waals surface area (Å²) in [6, 6.07) is 28.6. The summed E-state index contributed by atoms with van der Waals surface area (Å²) in [5.74, 6) is 1.57. The molecule has 1 aromatic heterocycles. The second kappa shape index (κ2) is 12.5. The van der Waals surface area contributed by atoms with Crippen LogP contribution in [0.3, 0.4) is 0 Å². The third kappa shape index (κ3) is 6.81. The van der Waals surface area contributed by atoms with E-state index in [1.807, 2.05) is 35.0 Å². The number of hydrogen-bond acceptors (Lipinski definition) is 5. The molecule has 45 heavy (non-hydrogen) atoms. The van der Waals surface area contributed by atoms with Crippen molar-refractivity contribution in [2.75, 3.05) is 10.9 Å². The van der Waals surface area contributed by atoms with Gasteiger partial charge in [0.1, 0.15) is 11.6 Å². The van der Waals surface area contributed by atoms with E-state index in [2.05, 4.69) is 55.0 Å². The zero-order chi connectivity index (χ0) is 31.7. The van der Waals surface area contributed by atoms with Crippen molar-refractivity contribution in [2.24, 2.45) is 5.92 Å². The molecule has 6 rings (SSSR count). The number of nitrogens with one attached hydrogen (secondary N) is 1. The van der Waals surface area contributed by atoms with Crippen LogP contribution >= 0.6 is 23.2 Å². The van der Waals surface area contributed by atoms with Crippen LogP contribution in [-0.2, 0) is 16.6 Å². The van der Waals surface area contributed by atoms with Gasteiger partial charge in [-0.15, -0.1) is 0 Å². The van der Waals surface area contributed by atoms with Gasteiger partial charge >= 0.3 is 10.2 Å². The Morgan fingerprint density at radius 1 is 0.911 bits per heavy atom. The summed E-state index contributed by atoms with van der Waals surface area (Å²) < 4.78 is 35.9. The molecule has 0 spiro atoms. The molecule has 230 valence electrons. The SMILES string of the molecule is CC(C)COc1ccc(-c2ccc(Cc3nc(-c4ccc(Cl)cc4Cl)cn3-c3cccc(N4C=C(O)NS4(=O)=O)c3)cc2)cc1. The smallest absolute Gasteiger partial charge is 0.330 e. The largest absolute Gasteiger partial charge is 0.493 e. The number of hydrogen-bond donors (Lipinski definition) is 2. The van der Waals surface area contributed by atoms with Crippen LogP contribution in [0.1, 0.15) is 25.2 Å². The summed E-state index contributed by atoms with van der Waals surface area (Å²) in [6.07, 6.45) is 3.48. The summed E-state index contributed by atoms with van der Waals surface area (Å²) >= 11 is 12.7. The van der Waals surface area contributed by atoms with Gasteiger partial charge in [0.15, 0.2) is 0 Å². The number of benzene rings is 4. The number of aliphatic hydroxyl groups excluding tert-OH is 1. The molecule has 0 aliphatic carbocycles. The molecule has 0 saturated carbocycles. The van der Waals surface area contributed by atoms with Crippen molar-refractivity contribution < 1.29 is 18.3 Å². The van der Waals surface area contributed by atoms with E-state index in [9.17, 15) is 13.5 Å². The Morgan fingerprint density at radius 3 is 2.24 bits per heavy atom. The zero-order valence-electron chi connectivity index (χ0n) is 24.5. The third-order valence-electron chi connectivity index (χ3n) is 7.17. The minimum atomic E-state index is -3.95. The Kier molecular flexibility index (Phi) is 8.50. The summed E-state index contributed by atoms with van der Waals surface area (Å²) in [5.41, 5.74) is 5.58. The molecule has 8 nitrogen and oxygen atoms in total. The van der Waals surface area contributed by atoms with Crippen molar-refractivity contribution in [3.8, 4) is 33.8 Å². The maximum atomic E-state index is 12.5. The van der Waals surface area contributed by atoms with Crippen molar-refractivity contribution in [2.45, 2.75) is 20.3 Å². The van der Waals surface area contributed by atoms with Crippen LogP contribution in [0.2, 0.25) is 10.0 Å². The second-order valence-corrected chi connectivity index (χ2v) is 13.5. The molecule has 1 aliphatic heterocycles. The average molecular weight is 662 g/mol. The van der Waals surface area contributed by atoms with Crippen molar-refractivity contribution in [1.82, 2.24) is 14.3 Å². The van der Waals surface area contributed by atoms with Crippen LogP contribution in [0.4, 0.5) is 5.69 Å². The topological polar surface area (TPSA) is 96.7 Å². The normalized spacial score (nSPS) is 14.0. The van der Waals surface area contributed by atoms with Gasteiger partial charge in [-0.3, -0.25) is 0 Å². The van der Waals surface area contributed by atoms with Crippen molar-refractivity contribution in [3.63, 3.8) is 0 Å². The Morgan fingerprint density at radius 2 is 1.60 bits per heavy atom. The molecule has 4 aromatic carbocycles. The highest BCUT2D eigenvalue weighted by molar-refractivity contribution is 7.91. The lowest BCUT2D eigenvalue weighted by Crippen LogP contribution is -2.29. The van der Waals surface area contributed by atoms with E-state index in [0.29, 0.717) is 57.4 Å². The Balaban J connectivity index is 1.33. The number of aromatic nitrogens is 2. The van der Waals surface area contributed by atoms with E-state index in [1.165, 1.54) is 0 Å². The van der Waals surface area contributed by atoms with Gasteiger partial charge < -0.3 is 14.4 Å². The van der Waals surface area contributed by atoms with Crippen LogP contribution in [0, 0.1) is 5.92 Å². The average Bonchev–Trinajstić information content (AvgIpc) is 3.55. The molecule has 5 aromatic rings. The molecule has 0 fully saturated rings. The molecule has 2 N–H and O–H groups in total. The Bertz CT molecular complexity index is 1990. The van der Waals surface area contributed by atoms with Crippen molar-refractivity contribution in [3.05, 3.63) is 131 Å². The molecule has 0 bridgehead atoms. The molecule has 0 unspecified atom stereocenters. The molecule has 1 aliphatic rings. The molecular weight excluding hydrogens is 631 g/mol. The predicted molar refractivity (Wildman–Crippen MR) is 179 cm³/mol. The summed E-state index contributed by atoms with van der Waals surface area (Å²) in [5, 5.41) is 10.8. The third-order valence-corrected chi connectivity index (χ3v) is 9.02. The van der Waals surface area contributed by atoms with E-state index in [-0.39, 0.29) is 0 Å². The van der Waals surface area contributed by atoms with Gasteiger partial charge in [-0.2, -0.15) is 8.42 Å². The Hall–Kier alpha value is -4.44. The molecule has 0 atom stereocenters. The van der Waals surface area contributed by atoms with E-state index in [0.717, 1.165) is 32.9 Å². The fourth-order valence-electron chi connectivity index (χ4n) is 4.98. The van der Waals surface area contributed by atoms with E-state index in [1.54, 1.807) is 30.3 Å². The molecule has 0 amide bonds. The summed E-state index contributed by atoms with van der Waals surface area (Å²) in [7, 11) is -3.95. The minimum absolute atomic E-state index is 0.347. The van der Waals surface area contributed by atoms with Crippen LogP contribution < -0.4 is 13.8 Å². The van der Waals surface area contributed by atoms with Gasteiger partial charge in [-0.05, 0) is 71.1 Å². The van der Waals surface area contributed by atoms with Gasteiger partial charge in [0.25, 0.3) is 0 Å². The summed E-state index contributed by atoms with van der Waals surface area (Å²) in [6.45, 7) is 4.92. The zero-order valence-corrected chi connectivity index (χ0v) is 26.8. The van der Waals surface area contributed by atoms with E-state index >= 15 is 0 Å². The lowest BCUT2D eigenvalue weighted by molar-refractivity contribution is 0.271. The highest BCUT2D eigenvalue weighted by atomic mass is 35.5. The minimum Gasteiger partial charge on any atom is -0.493 e. The molecular formula is C34H30Cl2N4O4S. The number of imidazole rings is 1. The molecule has 2 heterocycles. The van der Waals surface area contributed by atoms with Crippen molar-refractivity contribution >= 4 is 39.1 Å². The standard InChI is InChI=1S/C34H30Cl2N4O4S/c1-22(2)21-44-29-13-10-25(11-14-29)24-8-6-23(7-9-24)16-33-37-32(30-15-12-26(35)17-31(30)36)19-39(33)27-4-3-5-28(18-27)40-20-34(41)38-45(40,42)43/h3-15,17-20,22,38,41H,16,21H2,1-2H3. The van der Waals surface area contributed by atoms with Crippen molar-refractivity contribution in [1.29, 1.82) is 0 Å². The van der Waals surface area contributed by atoms with Gasteiger partial charge in [0.2, 0.25) is 5.88 Å². The molecule has 0 saturated heterocycles. The second-order valence-electron chi connectivity index (χ2n) is 11.1.